The molecule has 0 heterocycles. The van der Waals surface area contributed by atoms with Crippen LogP contribution < -0.4 is 0 Å². The van der Waals surface area contributed by atoms with E-state index in [1.807, 2.05) is 44.2 Å². The maximum Gasteiger partial charge on any atom is 0.222 e. The first-order chi connectivity index (χ1) is 8.07. The van der Waals surface area contributed by atoms with Crippen molar-refractivity contribution in [1.82, 2.24) is 0 Å². The monoisotopic (exact) mass is 230 g/mol. The van der Waals surface area contributed by atoms with Crippen molar-refractivity contribution < 1.29 is 9.53 Å². The van der Waals surface area contributed by atoms with Crippen molar-refractivity contribution in [2.24, 2.45) is 0 Å². The van der Waals surface area contributed by atoms with Gasteiger partial charge in [0.2, 0.25) is 5.78 Å². The number of allylic oxidation sites excluding steroid dienone is 2. The lowest BCUT2D eigenvalue weighted by molar-refractivity contribution is -0.115. The Balaban J connectivity index is 2.98. The average molecular weight is 230 g/mol. The second-order valence-electron chi connectivity index (χ2n) is 3.80. The summed E-state index contributed by atoms with van der Waals surface area (Å²) >= 11 is 0. The number of hydrogen-bond donors (Lipinski definition) is 0. The van der Waals surface area contributed by atoms with Crippen molar-refractivity contribution in [3.63, 3.8) is 0 Å². The Morgan fingerprint density at radius 2 is 1.82 bits per heavy atom. The van der Waals surface area contributed by atoms with Crippen LogP contribution in [0.25, 0.3) is 5.57 Å². The minimum absolute atomic E-state index is 0.131. The van der Waals surface area contributed by atoms with Gasteiger partial charge in [0.05, 0.1) is 6.61 Å². The van der Waals surface area contributed by atoms with E-state index in [0.29, 0.717) is 12.2 Å². The van der Waals surface area contributed by atoms with Crippen molar-refractivity contribution in [3.8, 4) is 0 Å². The molecule has 0 fully saturated rings. The Hall–Kier alpha value is -1.83. The predicted molar refractivity (Wildman–Crippen MR) is 70.5 cm³/mol. The molecule has 2 heteroatoms. The lowest BCUT2D eigenvalue weighted by atomic mass is 9.99. The summed E-state index contributed by atoms with van der Waals surface area (Å²) in [5.74, 6) is 0.0773. The quantitative estimate of drug-likeness (QED) is 0.570. The number of ketones is 1. The fourth-order valence-corrected chi connectivity index (χ4v) is 1.52. The van der Waals surface area contributed by atoms with Crippen molar-refractivity contribution in [2.45, 2.75) is 20.8 Å². The van der Waals surface area contributed by atoms with Gasteiger partial charge in [-0.1, -0.05) is 36.9 Å². The molecule has 1 rings (SSSR count). The molecular weight excluding hydrogens is 212 g/mol. The van der Waals surface area contributed by atoms with E-state index in [-0.39, 0.29) is 11.5 Å². The first-order valence-electron chi connectivity index (χ1n) is 5.67. The number of carbonyl (C=O) groups is 1. The molecule has 0 spiro atoms. The van der Waals surface area contributed by atoms with Gasteiger partial charge in [-0.25, -0.2) is 0 Å². The van der Waals surface area contributed by atoms with E-state index < -0.39 is 0 Å². The summed E-state index contributed by atoms with van der Waals surface area (Å²) in [5, 5.41) is 0. The SMILES string of the molecule is C=C(OCC)C(=O)C(C)=C(C)c1ccccc1. The summed E-state index contributed by atoms with van der Waals surface area (Å²) in [6, 6.07) is 9.82. The summed E-state index contributed by atoms with van der Waals surface area (Å²) < 4.78 is 5.13. The first kappa shape index (κ1) is 13.2. The summed E-state index contributed by atoms with van der Waals surface area (Å²) in [6.45, 7) is 9.66. The summed E-state index contributed by atoms with van der Waals surface area (Å²) in [5.41, 5.74) is 2.67. The Labute approximate surface area is 103 Å². The van der Waals surface area contributed by atoms with Crippen LogP contribution in [0.1, 0.15) is 26.3 Å². The van der Waals surface area contributed by atoms with Gasteiger partial charge in [-0.3, -0.25) is 4.79 Å². The van der Waals surface area contributed by atoms with Crippen LogP contribution in [0.15, 0.2) is 48.2 Å². The van der Waals surface area contributed by atoms with Gasteiger partial charge in [0.15, 0.2) is 5.76 Å². The third-order valence-corrected chi connectivity index (χ3v) is 2.68. The lowest BCUT2D eigenvalue weighted by Crippen LogP contribution is -2.07. The number of ether oxygens (including phenoxy) is 1. The largest absolute Gasteiger partial charge is 0.490 e. The minimum atomic E-state index is -0.131. The van der Waals surface area contributed by atoms with Crippen LogP contribution in [0.4, 0.5) is 0 Å². The standard InChI is InChI=1S/C15H18O2/c1-5-17-13(4)15(16)12(3)11(2)14-9-7-6-8-10-14/h6-10H,4-5H2,1-3H3. The smallest absolute Gasteiger partial charge is 0.222 e. The van der Waals surface area contributed by atoms with Crippen LogP contribution >= 0.6 is 0 Å². The topological polar surface area (TPSA) is 26.3 Å². The van der Waals surface area contributed by atoms with Crippen LogP contribution in [-0.2, 0) is 9.53 Å². The van der Waals surface area contributed by atoms with Crippen LogP contribution in [0, 0.1) is 0 Å². The van der Waals surface area contributed by atoms with Crippen molar-refractivity contribution >= 4 is 11.4 Å². The molecule has 0 saturated carbocycles. The van der Waals surface area contributed by atoms with E-state index >= 15 is 0 Å². The molecule has 0 N–H and O–H groups in total. The number of hydrogen-bond acceptors (Lipinski definition) is 2. The molecular formula is C15H18O2. The zero-order chi connectivity index (χ0) is 12.8. The van der Waals surface area contributed by atoms with E-state index in [9.17, 15) is 4.79 Å². The van der Waals surface area contributed by atoms with Gasteiger partial charge < -0.3 is 4.74 Å². The summed E-state index contributed by atoms with van der Waals surface area (Å²) in [6.07, 6.45) is 0. The Morgan fingerprint density at radius 3 is 2.35 bits per heavy atom. The van der Waals surface area contributed by atoms with E-state index in [0.717, 1.165) is 11.1 Å². The fraction of sp³-hybridized carbons (Fsp3) is 0.267. The van der Waals surface area contributed by atoms with Gasteiger partial charge in [0.25, 0.3) is 0 Å². The van der Waals surface area contributed by atoms with Crippen LogP contribution in [-0.4, -0.2) is 12.4 Å². The molecule has 2 nitrogen and oxygen atoms in total. The predicted octanol–water partition coefficient (Wildman–Crippen LogP) is 3.60. The Bertz CT molecular complexity index is 441. The molecule has 17 heavy (non-hydrogen) atoms. The van der Waals surface area contributed by atoms with Crippen LogP contribution in [0.5, 0.6) is 0 Å². The highest BCUT2D eigenvalue weighted by atomic mass is 16.5. The van der Waals surface area contributed by atoms with E-state index in [1.165, 1.54) is 0 Å². The van der Waals surface area contributed by atoms with E-state index in [1.54, 1.807) is 6.92 Å². The third kappa shape index (κ3) is 3.31. The molecule has 0 saturated heterocycles. The number of Topliss-reactive ketones (excluding diaryl/α,β-unsaturated/α-hetero) is 1. The normalized spacial score (nSPS) is 11.7. The molecule has 0 aliphatic carbocycles. The van der Waals surface area contributed by atoms with Crippen LogP contribution in [0.3, 0.4) is 0 Å². The highest BCUT2D eigenvalue weighted by Crippen LogP contribution is 2.20. The molecule has 0 aliphatic rings. The Kier molecular flexibility index (Phi) is 4.70. The second-order valence-corrected chi connectivity index (χ2v) is 3.80. The summed E-state index contributed by atoms with van der Waals surface area (Å²) in [4.78, 5) is 12.0. The van der Waals surface area contributed by atoms with Gasteiger partial charge in [0.1, 0.15) is 0 Å². The zero-order valence-corrected chi connectivity index (χ0v) is 10.6. The summed E-state index contributed by atoms with van der Waals surface area (Å²) in [7, 11) is 0. The Morgan fingerprint density at radius 1 is 1.24 bits per heavy atom. The zero-order valence-electron chi connectivity index (χ0n) is 10.6. The molecule has 90 valence electrons. The van der Waals surface area contributed by atoms with Crippen molar-refractivity contribution in [2.75, 3.05) is 6.61 Å². The van der Waals surface area contributed by atoms with Gasteiger partial charge >= 0.3 is 0 Å². The van der Waals surface area contributed by atoms with E-state index in [2.05, 4.69) is 6.58 Å². The second kappa shape index (κ2) is 6.04. The fourth-order valence-electron chi connectivity index (χ4n) is 1.52. The van der Waals surface area contributed by atoms with Crippen molar-refractivity contribution in [3.05, 3.63) is 53.8 Å². The first-order valence-corrected chi connectivity index (χ1v) is 5.67. The molecule has 0 atom stereocenters. The molecule has 0 aliphatic heterocycles. The number of benzene rings is 1. The molecule has 0 bridgehead atoms. The third-order valence-electron chi connectivity index (χ3n) is 2.68. The van der Waals surface area contributed by atoms with Gasteiger partial charge in [0, 0.05) is 5.57 Å². The van der Waals surface area contributed by atoms with Crippen LogP contribution in [0.2, 0.25) is 0 Å². The highest BCUT2D eigenvalue weighted by Gasteiger charge is 2.13. The maximum absolute atomic E-state index is 12.0. The van der Waals surface area contributed by atoms with Gasteiger partial charge in [-0.15, -0.1) is 0 Å². The highest BCUT2D eigenvalue weighted by molar-refractivity contribution is 6.10. The molecule has 1 aromatic rings. The number of rotatable bonds is 5. The lowest BCUT2D eigenvalue weighted by Gasteiger charge is -2.09. The molecule has 0 aromatic heterocycles. The average Bonchev–Trinajstić information content (AvgIpc) is 2.37. The maximum atomic E-state index is 12.0. The molecule has 0 radical (unpaired) electrons. The van der Waals surface area contributed by atoms with E-state index in [4.69, 9.17) is 4.74 Å². The minimum Gasteiger partial charge on any atom is -0.490 e. The van der Waals surface area contributed by atoms with Gasteiger partial charge in [-0.05, 0) is 31.9 Å². The van der Waals surface area contributed by atoms with Crippen molar-refractivity contribution in [1.29, 1.82) is 0 Å². The number of carbonyl (C=O) groups excluding carboxylic acids is 1. The van der Waals surface area contributed by atoms with Gasteiger partial charge in [-0.2, -0.15) is 0 Å². The molecule has 1 aromatic carbocycles. The molecule has 0 unspecified atom stereocenters. The molecule has 0 amide bonds.